The predicted molar refractivity (Wildman–Crippen MR) is 87.8 cm³/mol. The van der Waals surface area contributed by atoms with E-state index in [4.69, 9.17) is 4.74 Å². The van der Waals surface area contributed by atoms with Gasteiger partial charge < -0.3 is 14.6 Å². The Morgan fingerprint density at radius 3 is 2.76 bits per heavy atom. The molecule has 0 bridgehead atoms. The van der Waals surface area contributed by atoms with Crippen LogP contribution >= 0.6 is 0 Å². The van der Waals surface area contributed by atoms with Crippen LogP contribution in [-0.4, -0.2) is 18.2 Å². The number of benzene rings is 1. The van der Waals surface area contributed by atoms with Gasteiger partial charge in [0.2, 0.25) is 0 Å². The molecule has 3 heteroatoms. The van der Waals surface area contributed by atoms with Crippen LogP contribution in [0.3, 0.4) is 0 Å². The van der Waals surface area contributed by atoms with Gasteiger partial charge in [0.05, 0.1) is 13.7 Å². The maximum Gasteiger partial charge on any atom is 0.123 e. The molecule has 0 saturated heterocycles. The third-order valence-electron chi connectivity index (χ3n) is 3.56. The first-order chi connectivity index (χ1) is 10.1. The second-order valence-corrected chi connectivity index (χ2v) is 5.97. The minimum absolute atomic E-state index is 0.672. The molecule has 1 aromatic carbocycles. The number of nitrogens with one attached hydrogen (secondary N) is 1. The van der Waals surface area contributed by atoms with E-state index in [0.717, 1.165) is 25.4 Å². The lowest BCUT2D eigenvalue weighted by molar-refractivity contribution is 0.408. The van der Waals surface area contributed by atoms with Crippen LogP contribution in [0.5, 0.6) is 5.75 Å². The molecule has 0 aliphatic rings. The van der Waals surface area contributed by atoms with Crippen molar-refractivity contribution in [2.75, 3.05) is 13.7 Å². The first kappa shape index (κ1) is 15.6. The first-order valence-corrected chi connectivity index (χ1v) is 7.58. The number of aryl methyl sites for hydroxylation is 1. The van der Waals surface area contributed by atoms with E-state index in [1.54, 1.807) is 7.11 Å². The van der Waals surface area contributed by atoms with E-state index in [9.17, 15) is 0 Å². The Hall–Kier alpha value is -1.74. The topological polar surface area (TPSA) is 26.2 Å². The van der Waals surface area contributed by atoms with Crippen LogP contribution in [0.15, 0.2) is 36.5 Å². The van der Waals surface area contributed by atoms with Crippen molar-refractivity contribution in [3.05, 3.63) is 53.3 Å². The molecular weight excluding hydrogens is 260 g/mol. The van der Waals surface area contributed by atoms with Gasteiger partial charge in [-0.1, -0.05) is 31.5 Å². The molecule has 2 aromatic rings. The molecule has 2 rings (SSSR count). The van der Waals surface area contributed by atoms with Crippen LogP contribution < -0.4 is 10.1 Å². The van der Waals surface area contributed by atoms with E-state index in [1.807, 2.05) is 6.07 Å². The smallest absolute Gasteiger partial charge is 0.123 e. The number of ether oxygens (including phenoxy) is 1. The number of rotatable bonds is 7. The molecule has 0 atom stereocenters. The fourth-order valence-corrected chi connectivity index (χ4v) is 2.47. The van der Waals surface area contributed by atoms with Crippen LogP contribution in [0.2, 0.25) is 0 Å². The lowest BCUT2D eigenvalue weighted by Crippen LogP contribution is -2.21. The van der Waals surface area contributed by atoms with Gasteiger partial charge in [-0.25, -0.2) is 0 Å². The molecule has 0 saturated carbocycles. The molecule has 1 N–H and O–H groups in total. The standard InChI is InChI=1S/C18H26N2O/c1-14(2)11-19-12-17-6-5-9-20(17)13-16-10-15(3)7-8-18(16)21-4/h5-10,14,19H,11-13H2,1-4H3. The van der Waals surface area contributed by atoms with Crippen LogP contribution in [0.1, 0.15) is 30.7 Å². The molecule has 114 valence electrons. The van der Waals surface area contributed by atoms with E-state index in [2.05, 4.69) is 61.1 Å². The summed E-state index contributed by atoms with van der Waals surface area (Å²) in [4.78, 5) is 0. The molecule has 0 amide bonds. The zero-order chi connectivity index (χ0) is 15.2. The van der Waals surface area contributed by atoms with E-state index in [-0.39, 0.29) is 0 Å². The first-order valence-electron chi connectivity index (χ1n) is 7.58. The van der Waals surface area contributed by atoms with Gasteiger partial charge in [0, 0.05) is 24.0 Å². The van der Waals surface area contributed by atoms with Crippen LogP contribution in [0.25, 0.3) is 0 Å². The lowest BCUT2D eigenvalue weighted by Gasteiger charge is -2.14. The second kappa shape index (κ2) is 7.32. The average Bonchev–Trinajstić information content (AvgIpc) is 2.86. The van der Waals surface area contributed by atoms with Crippen molar-refractivity contribution in [3.8, 4) is 5.75 Å². The summed E-state index contributed by atoms with van der Waals surface area (Å²) < 4.78 is 7.75. The Kier molecular flexibility index (Phi) is 5.45. The zero-order valence-corrected chi connectivity index (χ0v) is 13.5. The van der Waals surface area contributed by atoms with Gasteiger partial charge >= 0.3 is 0 Å². The Bertz CT molecular complexity index is 572. The van der Waals surface area contributed by atoms with Gasteiger partial charge in [0.1, 0.15) is 5.75 Å². The molecule has 0 aliphatic heterocycles. The normalized spacial score (nSPS) is 11.1. The fourth-order valence-electron chi connectivity index (χ4n) is 2.47. The highest BCUT2D eigenvalue weighted by Gasteiger charge is 2.07. The monoisotopic (exact) mass is 286 g/mol. The number of aromatic nitrogens is 1. The van der Waals surface area contributed by atoms with Crippen molar-refractivity contribution in [2.24, 2.45) is 5.92 Å². The summed E-state index contributed by atoms with van der Waals surface area (Å²) in [7, 11) is 1.73. The van der Waals surface area contributed by atoms with Gasteiger partial charge in [0.25, 0.3) is 0 Å². The second-order valence-electron chi connectivity index (χ2n) is 5.97. The third-order valence-corrected chi connectivity index (χ3v) is 3.56. The molecule has 21 heavy (non-hydrogen) atoms. The summed E-state index contributed by atoms with van der Waals surface area (Å²) in [5.41, 5.74) is 3.79. The van der Waals surface area contributed by atoms with E-state index < -0.39 is 0 Å². The van der Waals surface area contributed by atoms with Crippen molar-refractivity contribution < 1.29 is 4.74 Å². The number of hydrogen-bond acceptors (Lipinski definition) is 2. The fraction of sp³-hybridized carbons (Fsp3) is 0.444. The largest absolute Gasteiger partial charge is 0.496 e. The zero-order valence-electron chi connectivity index (χ0n) is 13.5. The van der Waals surface area contributed by atoms with Gasteiger partial charge in [-0.3, -0.25) is 0 Å². The van der Waals surface area contributed by atoms with Crippen molar-refractivity contribution in [2.45, 2.75) is 33.9 Å². The maximum absolute atomic E-state index is 5.47. The van der Waals surface area contributed by atoms with Gasteiger partial charge in [-0.05, 0) is 37.6 Å². The van der Waals surface area contributed by atoms with Crippen molar-refractivity contribution in [1.29, 1.82) is 0 Å². The van der Waals surface area contributed by atoms with E-state index in [1.165, 1.54) is 16.8 Å². The van der Waals surface area contributed by atoms with Crippen molar-refractivity contribution >= 4 is 0 Å². The van der Waals surface area contributed by atoms with Crippen molar-refractivity contribution in [1.82, 2.24) is 9.88 Å². The molecular formula is C18H26N2O. The van der Waals surface area contributed by atoms with E-state index >= 15 is 0 Å². The Balaban J connectivity index is 2.10. The third kappa shape index (κ3) is 4.36. The number of nitrogens with zero attached hydrogens (tertiary/aromatic N) is 1. The summed E-state index contributed by atoms with van der Waals surface area (Å²) in [5.74, 6) is 1.63. The average molecular weight is 286 g/mol. The molecule has 0 fully saturated rings. The number of hydrogen-bond donors (Lipinski definition) is 1. The summed E-state index contributed by atoms with van der Waals surface area (Å²) >= 11 is 0. The maximum atomic E-state index is 5.47. The highest BCUT2D eigenvalue weighted by Crippen LogP contribution is 2.21. The molecule has 3 nitrogen and oxygen atoms in total. The SMILES string of the molecule is COc1ccc(C)cc1Cn1cccc1CNCC(C)C. The molecule has 0 spiro atoms. The molecule has 0 radical (unpaired) electrons. The quantitative estimate of drug-likeness (QED) is 0.841. The van der Waals surface area contributed by atoms with Gasteiger partial charge in [-0.2, -0.15) is 0 Å². The molecule has 1 heterocycles. The lowest BCUT2D eigenvalue weighted by atomic mass is 10.1. The van der Waals surface area contributed by atoms with Crippen LogP contribution in [0.4, 0.5) is 0 Å². The molecule has 1 aromatic heterocycles. The van der Waals surface area contributed by atoms with E-state index in [0.29, 0.717) is 5.92 Å². The van der Waals surface area contributed by atoms with Crippen molar-refractivity contribution in [3.63, 3.8) is 0 Å². The van der Waals surface area contributed by atoms with Crippen LogP contribution in [0, 0.1) is 12.8 Å². The summed E-state index contributed by atoms with van der Waals surface area (Å²) in [5, 5.41) is 3.50. The van der Waals surface area contributed by atoms with Crippen LogP contribution in [-0.2, 0) is 13.1 Å². The highest BCUT2D eigenvalue weighted by molar-refractivity contribution is 5.37. The molecule has 0 unspecified atom stereocenters. The summed E-state index contributed by atoms with van der Waals surface area (Å²) in [6.07, 6.45) is 2.13. The Labute approximate surface area is 127 Å². The minimum Gasteiger partial charge on any atom is -0.496 e. The summed E-state index contributed by atoms with van der Waals surface area (Å²) in [6, 6.07) is 10.6. The highest BCUT2D eigenvalue weighted by atomic mass is 16.5. The Morgan fingerprint density at radius 1 is 1.24 bits per heavy atom. The van der Waals surface area contributed by atoms with Gasteiger partial charge in [-0.15, -0.1) is 0 Å². The summed E-state index contributed by atoms with van der Waals surface area (Å²) in [6.45, 7) is 9.35. The molecule has 0 aliphatic carbocycles. The number of methoxy groups -OCH3 is 1. The predicted octanol–water partition coefficient (Wildman–Crippen LogP) is 3.60. The van der Waals surface area contributed by atoms with Gasteiger partial charge in [0.15, 0.2) is 0 Å². The Morgan fingerprint density at radius 2 is 2.05 bits per heavy atom. The minimum atomic E-state index is 0.672.